The first kappa shape index (κ1) is 14.1. The molecule has 0 saturated heterocycles. The van der Waals surface area contributed by atoms with Gasteiger partial charge < -0.3 is 14.6 Å². The molecule has 0 fully saturated rings. The maximum absolute atomic E-state index is 11.9. The molecule has 1 aromatic carbocycles. The summed E-state index contributed by atoms with van der Waals surface area (Å²) in [5.74, 6) is 0.546. The van der Waals surface area contributed by atoms with Crippen molar-refractivity contribution in [3.63, 3.8) is 0 Å². The third-order valence-corrected chi connectivity index (χ3v) is 3.44. The molecule has 0 bridgehead atoms. The Morgan fingerprint density at radius 2 is 2.14 bits per heavy atom. The second-order valence-electron chi connectivity index (χ2n) is 5.00. The van der Waals surface area contributed by atoms with Crippen LogP contribution in [0.4, 0.5) is 0 Å². The lowest BCUT2D eigenvalue weighted by Crippen LogP contribution is -2.28. The molecular formula is C17H17N3O2. The molecule has 1 N–H and O–H groups in total. The molecule has 1 amide bonds. The largest absolute Gasteiger partial charge is 0.483 e. The number of aryl methyl sites for hydroxylation is 1. The molecule has 0 aliphatic carbocycles. The van der Waals surface area contributed by atoms with Crippen molar-refractivity contribution < 1.29 is 9.53 Å². The van der Waals surface area contributed by atoms with Crippen LogP contribution >= 0.6 is 0 Å². The molecule has 0 aliphatic rings. The first-order valence-electron chi connectivity index (χ1n) is 7.07. The number of carbonyl (C=O) groups is 1. The summed E-state index contributed by atoms with van der Waals surface area (Å²) in [6.45, 7) is 0.388. The fourth-order valence-corrected chi connectivity index (χ4v) is 2.29. The number of rotatable bonds is 5. The number of amides is 1. The fourth-order valence-electron chi connectivity index (χ4n) is 2.29. The number of aromatic nitrogens is 2. The number of ether oxygens (including phenoxy) is 1. The predicted molar refractivity (Wildman–Crippen MR) is 84.5 cm³/mol. The van der Waals surface area contributed by atoms with Gasteiger partial charge in [-0.2, -0.15) is 0 Å². The summed E-state index contributed by atoms with van der Waals surface area (Å²) in [4.78, 5) is 16.0. The van der Waals surface area contributed by atoms with Gasteiger partial charge in [0.1, 0.15) is 5.75 Å². The zero-order valence-electron chi connectivity index (χ0n) is 12.3. The van der Waals surface area contributed by atoms with Gasteiger partial charge in [0.2, 0.25) is 0 Å². The fraction of sp³-hybridized carbons (Fsp3) is 0.176. The van der Waals surface area contributed by atoms with Gasteiger partial charge in [-0.3, -0.25) is 9.78 Å². The van der Waals surface area contributed by atoms with E-state index in [0.717, 1.165) is 16.6 Å². The Morgan fingerprint density at radius 1 is 1.23 bits per heavy atom. The third-order valence-electron chi connectivity index (χ3n) is 3.44. The zero-order valence-corrected chi connectivity index (χ0v) is 12.3. The van der Waals surface area contributed by atoms with E-state index in [1.54, 1.807) is 6.20 Å². The Balaban J connectivity index is 1.58. The molecule has 22 heavy (non-hydrogen) atoms. The van der Waals surface area contributed by atoms with Gasteiger partial charge in [0.05, 0.1) is 17.8 Å². The summed E-state index contributed by atoms with van der Waals surface area (Å²) in [6.07, 6.45) is 3.67. The third kappa shape index (κ3) is 3.09. The molecular weight excluding hydrogens is 278 g/mol. The standard InChI is InChI=1S/C17H17N3O2/c1-20-10-8-14-15(20)6-4-7-16(14)22-12-17(21)19-11-13-5-2-3-9-18-13/h2-10H,11-12H2,1H3,(H,19,21). The Kier molecular flexibility index (Phi) is 4.05. The summed E-state index contributed by atoms with van der Waals surface area (Å²) in [5, 5.41) is 3.79. The van der Waals surface area contributed by atoms with Gasteiger partial charge in [0.25, 0.3) is 5.91 Å². The highest BCUT2D eigenvalue weighted by atomic mass is 16.5. The van der Waals surface area contributed by atoms with Gasteiger partial charge in [-0.1, -0.05) is 12.1 Å². The molecule has 3 rings (SSSR count). The minimum Gasteiger partial charge on any atom is -0.483 e. The van der Waals surface area contributed by atoms with E-state index in [-0.39, 0.29) is 12.5 Å². The first-order chi connectivity index (χ1) is 10.7. The van der Waals surface area contributed by atoms with Gasteiger partial charge in [-0.05, 0) is 30.3 Å². The van der Waals surface area contributed by atoms with Crippen LogP contribution in [0.2, 0.25) is 0 Å². The van der Waals surface area contributed by atoms with E-state index in [2.05, 4.69) is 10.3 Å². The molecule has 0 unspecified atom stereocenters. The van der Waals surface area contributed by atoms with Gasteiger partial charge >= 0.3 is 0 Å². The zero-order chi connectivity index (χ0) is 15.4. The highest BCUT2D eigenvalue weighted by molar-refractivity contribution is 5.87. The summed E-state index contributed by atoms with van der Waals surface area (Å²) >= 11 is 0. The Labute approximate surface area is 128 Å². The lowest BCUT2D eigenvalue weighted by molar-refractivity contribution is -0.123. The van der Waals surface area contributed by atoms with Crippen LogP contribution in [0.15, 0.2) is 54.9 Å². The van der Waals surface area contributed by atoms with Crippen molar-refractivity contribution in [3.8, 4) is 5.75 Å². The molecule has 0 aliphatic heterocycles. The average Bonchev–Trinajstić information content (AvgIpc) is 2.94. The summed E-state index contributed by atoms with van der Waals surface area (Å²) < 4.78 is 7.65. The number of fused-ring (bicyclic) bond motifs is 1. The van der Waals surface area contributed by atoms with Crippen molar-refractivity contribution in [3.05, 3.63) is 60.6 Å². The van der Waals surface area contributed by atoms with E-state index in [0.29, 0.717) is 12.3 Å². The second-order valence-corrected chi connectivity index (χ2v) is 5.00. The minimum absolute atomic E-state index is 0.0131. The quantitative estimate of drug-likeness (QED) is 0.785. The molecule has 0 radical (unpaired) electrons. The lowest BCUT2D eigenvalue weighted by atomic mass is 10.2. The normalized spacial score (nSPS) is 10.6. The van der Waals surface area contributed by atoms with Crippen LogP contribution in [-0.4, -0.2) is 22.1 Å². The SMILES string of the molecule is Cn1ccc2c(OCC(=O)NCc3ccccn3)cccc21. The maximum atomic E-state index is 11.9. The Bertz CT molecular complexity index is 781. The molecule has 5 heteroatoms. The van der Waals surface area contributed by atoms with Crippen LogP contribution in [0.5, 0.6) is 5.75 Å². The highest BCUT2D eigenvalue weighted by Gasteiger charge is 2.07. The van der Waals surface area contributed by atoms with Crippen molar-refractivity contribution in [2.75, 3.05) is 6.61 Å². The second kappa shape index (κ2) is 6.30. The molecule has 3 aromatic rings. The predicted octanol–water partition coefficient (Wildman–Crippen LogP) is 2.27. The van der Waals surface area contributed by atoms with Crippen LogP contribution in [-0.2, 0) is 18.4 Å². The van der Waals surface area contributed by atoms with E-state index < -0.39 is 0 Å². The van der Waals surface area contributed by atoms with Crippen LogP contribution in [0.25, 0.3) is 10.9 Å². The first-order valence-corrected chi connectivity index (χ1v) is 7.07. The summed E-state index contributed by atoms with van der Waals surface area (Å²) in [5.41, 5.74) is 1.90. The summed E-state index contributed by atoms with van der Waals surface area (Å²) in [7, 11) is 1.98. The molecule has 0 atom stereocenters. The Morgan fingerprint density at radius 3 is 2.95 bits per heavy atom. The number of carbonyl (C=O) groups excluding carboxylic acids is 1. The number of hydrogen-bond acceptors (Lipinski definition) is 3. The van der Waals surface area contributed by atoms with E-state index in [1.807, 2.05) is 60.3 Å². The van der Waals surface area contributed by atoms with Crippen LogP contribution in [0, 0.1) is 0 Å². The molecule has 2 aromatic heterocycles. The number of hydrogen-bond donors (Lipinski definition) is 1. The number of nitrogens with zero attached hydrogens (tertiary/aromatic N) is 2. The van der Waals surface area contributed by atoms with Gasteiger partial charge in [-0.25, -0.2) is 0 Å². The lowest BCUT2D eigenvalue weighted by Gasteiger charge is -2.08. The molecule has 2 heterocycles. The van der Waals surface area contributed by atoms with E-state index in [9.17, 15) is 4.79 Å². The van der Waals surface area contributed by atoms with Crippen LogP contribution < -0.4 is 10.1 Å². The van der Waals surface area contributed by atoms with Gasteiger partial charge in [0.15, 0.2) is 6.61 Å². The molecule has 0 saturated carbocycles. The molecule has 112 valence electrons. The monoisotopic (exact) mass is 295 g/mol. The number of benzene rings is 1. The van der Waals surface area contributed by atoms with E-state index in [4.69, 9.17) is 4.74 Å². The maximum Gasteiger partial charge on any atom is 0.258 e. The molecule has 5 nitrogen and oxygen atoms in total. The van der Waals surface area contributed by atoms with E-state index in [1.165, 1.54) is 0 Å². The number of pyridine rings is 1. The average molecular weight is 295 g/mol. The van der Waals surface area contributed by atoms with Gasteiger partial charge in [0, 0.05) is 24.8 Å². The smallest absolute Gasteiger partial charge is 0.258 e. The van der Waals surface area contributed by atoms with Crippen LogP contribution in [0.1, 0.15) is 5.69 Å². The minimum atomic E-state index is -0.168. The summed E-state index contributed by atoms with van der Waals surface area (Å²) in [6, 6.07) is 13.4. The van der Waals surface area contributed by atoms with Crippen LogP contribution in [0.3, 0.4) is 0 Å². The van der Waals surface area contributed by atoms with Crippen molar-refractivity contribution in [2.45, 2.75) is 6.54 Å². The van der Waals surface area contributed by atoms with E-state index >= 15 is 0 Å². The van der Waals surface area contributed by atoms with Crippen molar-refractivity contribution >= 4 is 16.8 Å². The topological polar surface area (TPSA) is 56.1 Å². The Hall–Kier alpha value is -2.82. The molecule has 0 spiro atoms. The van der Waals surface area contributed by atoms with Crippen molar-refractivity contribution in [1.29, 1.82) is 0 Å². The van der Waals surface area contributed by atoms with Gasteiger partial charge in [-0.15, -0.1) is 0 Å². The van der Waals surface area contributed by atoms with Crippen molar-refractivity contribution in [1.82, 2.24) is 14.9 Å². The highest BCUT2D eigenvalue weighted by Crippen LogP contribution is 2.25. The number of nitrogens with one attached hydrogen (secondary N) is 1. The van der Waals surface area contributed by atoms with Crippen molar-refractivity contribution in [2.24, 2.45) is 7.05 Å².